The van der Waals surface area contributed by atoms with Crippen LogP contribution in [-0.2, 0) is 0 Å². The number of hydrogen-bond donors (Lipinski definition) is 0. The number of benzene rings is 2. The van der Waals surface area contributed by atoms with Crippen LogP contribution in [0.4, 0.5) is 17.1 Å². The Bertz CT molecular complexity index is 991. The van der Waals surface area contributed by atoms with Gasteiger partial charge in [0, 0.05) is 18.8 Å². The Balaban J connectivity index is 1.18. The van der Waals surface area contributed by atoms with Gasteiger partial charge in [0.15, 0.2) is 0 Å². The molecule has 2 aromatic carbocycles. The number of azo groups is 2. The first kappa shape index (κ1) is 26.1. The fourth-order valence-electron chi connectivity index (χ4n) is 4.66. The predicted octanol–water partition coefficient (Wildman–Crippen LogP) is 9.33. The maximum atomic E-state index is 5.83. The summed E-state index contributed by atoms with van der Waals surface area (Å²) in [6.07, 6.45) is 15.0. The quantitative estimate of drug-likeness (QED) is 0.221. The zero-order valence-electron chi connectivity index (χ0n) is 21.8. The van der Waals surface area contributed by atoms with E-state index < -0.39 is 0 Å². The Morgan fingerprint density at radius 3 is 2.25 bits per heavy atom. The average Bonchev–Trinajstić information content (AvgIpc) is 2.94. The molecule has 6 heteroatoms. The van der Waals surface area contributed by atoms with Gasteiger partial charge in [0.05, 0.1) is 29.7 Å². The third-order valence-electron chi connectivity index (χ3n) is 6.91. The molecule has 1 saturated heterocycles. The zero-order chi connectivity index (χ0) is 24.8. The van der Waals surface area contributed by atoms with Crippen molar-refractivity contribution in [3.63, 3.8) is 0 Å². The second-order valence-corrected chi connectivity index (χ2v) is 9.86. The van der Waals surface area contributed by atoms with E-state index in [1.165, 1.54) is 50.6 Å². The summed E-state index contributed by atoms with van der Waals surface area (Å²) in [5.74, 6) is 0.904. The number of piperidine rings is 1. The Morgan fingerprint density at radius 2 is 1.53 bits per heavy atom. The van der Waals surface area contributed by atoms with E-state index in [1.807, 2.05) is 24.3 Å². The smallest absolute Gasteiger partial charge is 0.119 e. The first-order valence-corrected chi connectivity index (χ1v) is 13.9. The van der Waals surface area contributed by atoms with Crippen LogP contribution >= 0.6 is 0 Å². The Kier molecular flexibility index (Phi) is 10.5. The van der Waals surface area contributed by atoms with Crippen molar-refractivity contribution in [1.29, 1.82) is 0 Å². The first-order valence-electron chi connectivity index (χ1n) is 13.9. The molecule has 0 radical (unpaired) electrons. The molecule has 36 heavy (non-hydrogen) atoms. The number of hydrogen-bond acceptors (Lipinski definition) is 6. The highest BCUT2D eigenvalue weighted by atomic mass is 16.5. The number of nitrogens with zero attached hydrogens (tertiary/aromatic N) is 5. The van der Waals surface area contributed by atoms with Gasteiger partial charge in [-0.2, -0.15) is 20.5 Å². The van der Waals surface area contributed by atoms with E-state index in [0.717, 1.165) is 68.2 Å². The van der Waals surface area contributed by atoms with Gasteiger partial charge in [-0.15, -0.1) is 0 Å². The normalized spacial score (nSPS) is 18.6. The molecule has 2 aromatic rings. The number of allylic oxidation sites excluding steroid dienone is 1. The van der Waals surface area contributed by atoms with Gasteiger partial charge in [-0.3, -0.25) is 0 Å². The van der Waals surface area contributed by atoms with E-state index in [0.29, 0.717) is 0 Å². The lowest BCUT2D eigenvalue weighted by Gasteiger charge is -2.28. The summed E-state index contributed by atoms with van der Waals surface area (Å²) in [7, 11) is 0. The second kappa shape index (κ2) is 14.5. The lowest BCUT2D eigenvalue weighted by molar-refractivity contribution is 0.304. The number of anilines is 1. The third kappa shape index (κ3) is 8.58. The molecule has 0 amide bonds. The predicted molar refractivity (Wildman–Crippen MR) is 148 cm³/mol. The van der Waals surface area contributed by atoms with Gasteiger partial charge in [-0.25, -0.2) is 0 Å². The van der Waals surface area contributed by atoms with Crippen molar-refractivity contribution in [2.45, 2.75) is 83.6 Å². The van der Waals surface area contributed by atoms with Crippen LogP contribution in [0.3, 0.4) is 0 Å². The molecule has 1 heterocycles. The summed E-state index contributed by atoms with van der Waals surface area (Å²) in [4.78, 5) is 2.46. The summed E-state index contributed by atoms with van der Waals surface area (Å²) in [5, 5.41) is 17.9. The molecular formula is C30H41N5O. The summed E-state index contributed by atoms with van der Waals surface area (Å²) >= 11 is 0. The van der Waals surface area contributed by atoms with Gasteiger partial charge in [-0.1, -0.05) is 38.7 Å². The number of rotatable bonds is 12. The number of ether oxygens (including phenoxy) is 1. The molecule has 1 fully saturated rings. The highest BCUT2D eigenvalue weighted by Gasteiger charge is 2.14. The SMILES string of the molecule is CCCCCCCOc1ccc(N=NC2CC=C(N=Nc3ccc(N4CCCCC4)cc3)CC2)cc1. The molecule has 1 aliphatic carbocycles. The lowest BCUT2D eigenvalue weighted by Crippen LogP contribution is -2.29. The topological polar surface area (TPSA) is 61.9 Å². The molecule has 1 atom stereocenters. The van der Waals surface area contributed by atoms with E-state index in [4.69, 9.17) is 4.74 Å². The minimum absolute atomic E-state index is 0.201. The summed E-state index contributed by atoms with van der Waals surface area (Å²) < 4.78 is 5.83. The van der Waals surface area contributed by atoms with E-state index in [1.54, 1.807) is 0 Å². The van der Waals surface area contributed by atoms with Gasteiger partial charge in [0.25, 0.3) is 0 Å². The minimum Gasteiger partial charge on any atom is -0.494 e. The standard InChI is InChI=1S/C30H41N5O/c1-2-3-4-5-9-24-36-30-20-16-28(17-21-30)34-32-26-12-10-25(11-13-26)31-33-27-14-18-29(19-15-27)35-22-7-6-8-23-35/h10,14-21,26H,2-9,11-13,22-24H2,1H3. The van der Waals surface area contributed by atoms with Gasteiger partial charge < -0.3 is 9.64 Å². The van der Waals surface area contributed by atoms with Crippen LogP contribution in [0.15, 0.2) is 80.8 Å². The van der Waals surface area contributed by atoms with Crippen LogP contribution in [0.5, 0.6) is 5.75 Å². The van der Waals surface area contributed by atoms with E-state index >= 15 is 0 Å². The molecule has 192 valence electrons. The van der Waals surface area contributed by atoms with Crippen LogP contribution in [-0.4, -0.2) is 25.7 Å². The summed E-state index contributed by atoms with van der Waals surface area (Å²) in [6, 6.07) is 16.6. The highest BCUT2D eigenvalue weighted by Crippen LogP contribution is 2.27. The van der Waals surface area contributed by atoms with Crippen molar-refractivity contribution in [2.75, 3.05) is 24.6 Å². The molecule has 2 aliphatic rings. The fraction of sp³-hybridized carbons (Fsp3) is 0.533. The largest absolute Gasteiger partial charge is 0.494 e. The maximum Gasteiger partial charge on any atom is 0.119 e. The molecule has 4 rings (SSSR count). The van der Waals surface area contributed by atoms with Gasteiger partial charge in [0.1, 0.15) is 5.75 Å². The Labute approximate surface area is 216 Å². The molecule has 1 aliphatic heterocycles. The summed E-state index contributed by atoms with van der Waals surface area (Å²) in [6.45, 7) is 5.33. The van der Waals surface area contributed by atoms with Crippen molar-refractivity contribution in [1.82, 2.24) is 0 Å². The van der Waals surface area contributed by atoms with Crippen LogP contribution in [0.2, 0.25) is 0 Å². The molecule has 6 nitrogen and oxygen atoms in total. The van der Waals surface area contributed by atoms with Crippen molar-refractivity contribution >= 4 is 17.1 Å². The summed E-state index contributed by atoms with van der Waals surface area (Å²) in [5.41, 5.74) is 4.10. The van der Waals surface area contributed by atoms with Crippen molar-refractivity contribution in [2.24, 2.45) is 20.5 Å². The zero-order valence-corrected chi connectivity index (χ0v) is 21.8. The van der Waals surface area contributed by atoms with Crippen molar-refractivity contribution < 1.29 is 4.74 Å². The first-order chi connectivity index (χ1) is 17.8. The van der Waals surface area contributed by atoms with Crippen LogP contribution in [0.25, 0.3) is 0 Å². The van der Waals surface area contributed by atoms with E-state index in [-0.39, 0.29) is 6.04 Å². The van der Waals surface area contributed by atoms with Crippen LogP contribution in [0.1, 0.15) is 77.6 Å². The molecule has 0 spiro atoms. The van der Waals surface area contributed by atoms with Crippen LogP contribution < -0.4 is 9.64 Å². The van der Waals surface area contributed by atoms with Gasteiger partial charge >= 0.3 is 0 Å². The lowest BCUT2D eigenvalue weighted by atomic mass is 10.0. The highest BCUT2D eigenvalue weighted by molar-refractivity contribution is 5.52. The molecule has 0 bridgehead atoms. The van der Waals surface area contributed by atoms with E-state index in [2.05, 4.69) is 62.6 Å². The Morgan fingerprint density at radius 1 is 0.806 bits per heavy atom. The molecule has 0 saturated carbocycles. The van der Waals surface area contributed by atoms with Crippen molar-refractivity contribution in [3.05, 3.63) is 60.3 Å². The fourth-order valence-corrected chi connectivity index (χ4v) is 4.66. The molecular weight excluding hydrogens is 446 g/mol. The average molecular weight is 488 g/mol. The monoisotopic (exact) mass is 487 g/mol. The second-order valence-electron chi connectivity index (χ2n) is 9.86. The Hall–Kier alpha value is -3.02. The van der Waals surface area contributed by atoms with Crippen molar-refractivity contribution in [3.8, 4) is 5.75 Å². The molecule has 0 aromatic heterocycles. The molecule has 1 unspecified atom stereocenters. The number of unbranched alkanes of at least 4 members (excludes halogenated alkanes) is 4. The minimum atomic E-state index is 0.201. The van der Waals surface area contributed by atoms with Gasteiger partial charge in [-0.05, 0) is 93.5 Å². The van der Waals surface area contributed by atoms with Crippen LogP contribution in [0, 0.1) is 0 Å². The maximum absolute atomic E-state index is 5.83. The third-order valence-corrected chi connectivity index (χ3v) is 6.91. The van der Waals surface area contributed by atoms with E-state index in [9.17, 15) is 0 Å². The molecule has 0 N–H and O–H groups in total. The van der Waals surface area contributed by atoms with Gasteiger partial charge in [0.2, 0.25) is 0 Å².